The molecule has 21 heavy (non-hydrogen) atoms. The van der Waals surface area contributed by atoms with Gasteiger partial charge in [0.05, 0.1) is 12.0 Å². The summed E-state index contributed by atoms with van der Waals surface area (Å²) >= 11 is 5.85. The van der Waals surface area contributed by atoms with E-state index in [0.29, 0.717) is 6.54 Å². The molecule has 1 aromatic carbocycles. The molecule has 4 nitrogen and oxygen atoms in total. The minimum absolute atomic E-state index is 0.0585. The number of fused-ring (bicyclic) bond motifs is 1. The molecule has 3 rings (SSSR count). The number of aromatic nitrogens is 2. The molecule has 2 aromatic rings. The standard InChI is InChI=1S/C16H18ClN3O/c17-13-4-1-11(2-5-13)7-8-18-16(21)12-3-6-14-15(9-12)20-10-19-14/h1-2,4-5,10,12H,3,6-9H2,(H,18,21)(H,19,20). The maximum Gasteiger partial charge on any atom is 0.223 e. The molecule has 1 heterocycles. The number of carbonyl (C=O) groups excluding carboxylic acids is 1. The molecule has 1 aliphatic carbocycles. The number of carbonyl (C=O) groups is 1. The van der Waals surface area contributed by atoms with Crippen molar-refractivity contribution in [1.82, 2.24) is 15.3 Å². The van der Waals surface area contributed by atoms with Crippen LogP contribution in [0.2, 0.25) is 5.02 Å². The molecule has 0 saturated heterocycles. The van der Waals surface area contributed by atoms with E-state index < -0.39 is 0 Å². The first-order valence-corrected chi connectivity index (χ1v) is 7.63. The first-order chi connectivity index (χ1) is 10.2. The first-order valence-electron chi connectivity index (χ1n) is 7.25. The van der Waals surface area contributed by atoms with Crippen molar-refractivity contribution in [3.8, 4) is 0 Å². The van der Waals surface area contributed by atoms with Gasteiger partial charge in [-0.2, -0.15) is 0 Å². The second-order valence-corrected chi connectivity index (χ2v) is 5.87. The summed E-state index contributed by atoms with van der Waals surface area (Å²) in [5.41, 5.74) is 3.40. The van der Waals surface area contributed by atoms with Crippen molar-refractivity contribution < 1.29 is 4.79 Å². The average Bonchev–Trinajstić information content (AvgIpc) is 2.96. The molecule has 1 amide bonds. The quantitative estimate of drug-likeness (QED) is 0.912. The van der Waals surface area contributed by atoms with Crippen molar-refractivity contribution in [2.45, 2.75) is 25.7 Å². The van der Waals surface area contributed by atoms with Crippen LogP contribution in [0.4, 0.5) is 0 Å². The van der Waals surface area contributed by atoms with Gasteiger partial charge in [-0.25, -0.2) is 4.98 Å². The Morgan fingerprint density at radius 3 is 3.00 bits per heavy atom. The van der Waals surface area contributed by atoms with Gasteiger partial charge < -0.3 is 10.3 Å². The molecule has 0 fully saturated rings. The van der Waals surface area contributed by atoms with Gasteiger partial charge in [0.15, 0.2) is 0 Å². The van der Waals surface area contributed by atoms with E-state index in [1.807, 2.05) is 24.3 Å². The minimum atomic E-state index is 0.0585. The van der Waals surface area contributed by atoms with Gasteiger partial charge in [0.1, 0.15) is 0 Å². The highest BCUT2D eigenvalue weighted by atomic mass is 35.5. The van der Waals surface area contributed by atoms with Crippen molar-refractivity contribution in [3.05, 3.63) is 52.6 Å². The third-order valence-corrected chi connectivity index (χ3v) is 4.24. The minimum Gasteiger partial charge on any atom is -0.356 e. The molecule has 110 valence electrons. The normalized spacial score (nSPS) is 17.3. The van der Waals surface area contributed by atoms with Crippen LogP contribution in [0.5, 0.6) is 0 Å². The molecular weight excluding hydrogens is 286 g/mol. The van der Waals surface area contributed by atoms with E-state index in [2.05, 4.69) is 15.3 Å². The van der Waals surface area contributed by atoms with Gasteiger partial charge in [-0.3, -0.25) is 4.79 Å². The van der Waals surface area contributed by atoms with E-state index in [1.54, 1.807) is 6.33 Å². The molecule has 5 heteroatoms. The highest BCUT2D eigenvalue weighted by molar-refractivity contribution is 6.30. The number of halogens is 1. The lowest BCUT2D eigenvalue weighted by Gasteiger charge is -2.20. The number of nitrogens with zero attached hydrogens (tertiary/aromatic N) is 1. The number of H-pyrrole nitrogens is 1. The predicted molar refractivity (Wildman–Crippen MR) is 82.3 cm³/mol. The van der Waals surface area contributed by atoms with Crippen LogP contribution in [0, 0.1) is 5.92 Å². The summed E-state index contributed by atoms with van der Waals surface area (Å²) in [6, 6.07) is 7.73. The van der Waals surface area contributed by atoms with Crippen molar-refractivity contribution >= 4 is 17.5 Å². The second-order valence-electron chi connectivity index (χ2n) is 5.44. The zero-order valence-corrected chi connectivity index (χ0v) is 12.5. The lowest BCUT2D eigenvalue weighted by atomic mass is 9.89. The maximum absolute atomic E-state index is 12.2. The van der Waals surface area contributed by atoms with Crippen LogP contribution in [-0.2, 0) is 24.1 Å². The summed E-state index contributed by atoms with van der Waals surface area (Å²) in [6.07, 6.45) is 5.07. The fourth-order valence-corrected chi connectivity index (χ4v) is 2.88. The Labute approximate surface area is 128 Å². The number of aryl methyl sites for hydroxylation is 1. The smallest absolute Gasteiger partial charge is 0.223 e. The number of rotatable bonds is 4. The summed E-state index contributed by atoms with van der Waals surface area (Å²) in [6.45, 7) is 0.660. The van der Waals surface area contributed by atoms with Crippen LogP contribution in [-0.4, -0.2) is 22.4 Å². The zero-order valence-electron chi connectivity index (χ0n) is 11.7. The van der Waals surface area contributed by atoms with Crippen LogP contribution in [0.1, 0.15) is 23.4 Å². The summed E-state index contributed by atoms with van der Waals surface area (Å²) in [4.78, 5) is 19.6. The third-order valence-electron chi connectivity index (χ3n) is 3.98. The number of aromatic amines is 1. The fraction of sp³-hybridized carbons (Fsp3) is 0.375. The Kier molecular flexibility index (Phi) is 4.25. The predicted octanol–water partition coefficient (Wildman–Crippen LogP) is 2.53. The Morgan fingerprint density at radius 2 is 2.19 bits per heavy atom. The van der Waals surface area contributed by atoms with E-state index in [9.17, 15) is 4.79 Å². The molecule has 0 spiro atoms. The molecule has 1 atom stereocenters. The van der Waals surface area contributed by atoms with Gasteiger partial charge in [-0.15, -0.1) is 0 Å². The molecule has 0 aliphatic heterocycles. The number of imidazole rings is 1. The number of nitrogens with one attached hydrogen (secondary N) is 2. The topological polar surface area (TPSA) is 57.8 Å². The van der Waals surface area contributed by atoms with Crippen molar-refractivity contribution in [1.29, 1.82) is 0 Å². The largest absolute Gasteiger partial charge is 0.356 e. The van der Waals surface area contributed by atoms with Crippen molar-refractivity contribution in [3.63, 3.8) is 0 Å². The summed E-state index contributed by atoms with van der Waals surface area (Å²) < 4.78 is 0. The first kappa shape index (κ1) is 14.1. The molecule has 1 unspecified atom stereocenters. The SMILES string of the molecule is O=C(NCCc1ccc(Cl)cc1)C1CCc2nc[nH]c2C1. The van der Waals surface area contributed by atoms with Gasteiger partial charge >= 0.3 is 0 Å². The highest BCUT2D eigenvalue weighted by Gasteiger charge is 2.25. The molecular formula is C16H18ClN3O. The van der Waals surface area contributed by atoms with E-state index >= 15 is 0 Å². The Balaban J connectivity index is 1.48. The van der Waals surface area contributed by atoms with E-state index in [-0.39, 0.29) is 11.8 Å². The third kappa shape index (κ3) is 3.45. The van der Waals surface area contributed by atoms with E-state index in [1.165, 1.54) is 5.56 Å². The molecule has 0 radical (unpaired) electrons. The van der Waals surface area contributed by atoms with Gasteiger partial charge in [0.2, 0.25) is 5.91 Å². The van der Waals surface area contributed by atoms with Crippen LogP contribution in [0.25, 0.3) is 0 Å². The fourth-order valence-electron chi connectivity index (χ4n) is 2.75. The highest BCUT2D eigenvalue weighted by Crippen LogP contribution is 2.22. The van der Waals surface area contributed by atoms with Gasteiger partial charge in [0.25, 0.3) is 0 Å². The van der Waals surface area contributed by atoms with Crippen molar-refractivity contribution in [2.24, 2.45) is 5.92 Å². The van der Waals surface area contributed by atoms with Crippen LogP contribution in [0.3, 0.4) is 0 Å². The number of amides is 1. The molecule has 1 aromatic heterocycles. The van der Waals surface area contributed by atoms with Gasteiger partial charge in [-0.1, -0.05) is 23.7 Å². The zero-order chi connectivity index (χ0) is 14.7. The number of benzene rings is 1. The molecule has 1 aliphatic rings. The average molecular weight is 304 g/mol. The monoisotopic (exact) mass is 303 g/mol. The van der Waals surface area contributed by atoms with E-state index in [0.717, 1.165) is 42.1 Å². The number of hydrogen-bond donors (Lipinski definition) is 2. The van der Waals surface area contributed by atoms with Crippen LogP contribution < -0.4 is 5.32 Å². The lowest BCUT2D eigenvalue weighted by molar-refractivity contribution is -0.125. The summed E-state index contributed by atoms with van der Waals surface area (Å²) in [5, 5.41) is 3.77. The second kappa shape index (κ2) is 6.31. The molecule has 0 bridgehead atoms. The Morgan fingerprint density at radius 1 is 1.38 bits per heavy atom. The van der Waals surface area contributed by atoms with Gasteiger partial charge in [0, 0.05) is 29.6 Å². The maximum atomic E-state index is 12.2. The van der Waals surface area contributed by atoms with E-state index in [4.69, 9.17) is 11.6 Å². The van der Waals surface area contributed by atoms with Crippen molar-refractivity contribution in [2.75, 3.05) is 6.54 Å². The molecule has 2 N–H and O–H groups in total. The van der Waals surface area contributed by atoms with Crippen LogP contribution >= 0.6 is 11.6 Å². The van der Waals surface area contributed by atoms with Gasteiger partial charge in [-0.05, 0) is 37.0 Å². The van der Waals surface area contributed by atoms with Crippen LogP contribution in [0.15, 0.2) is 30.6 Å². The summed E-state index contributed by atoms with van der Waals surface area (Å²) in [5.74, 6) is 0.201. The summed E-state index contributed by atoms with van der Waals surface area (Å²) in [7, 11) is 0. The lowest BCUT2D eigenvalue weighted by Crippen LogP contribution is -2.35. The number of hydrogen-bond acceptors (Lipinski definition) is 2. The Hall–Kier alpha value is -1.81. The molecule has 0 saturated carbocycles. The Bertz CT molecular complexity index is 621.